The van der Waals surface area contributed by atoms with E-state index in [1.807, 2.05) is 34.5 Å². The molecular weight excluding hydrogens is 617 g/mol. The molecule has 0 radical (unpaired) electrons. The van der Waals surface area contributed by atoms with Crippen molar-refractivity contribution in [2.24, 2.45) is 5.92 Å². The number of rotatable bonds is 8. The van der Waals surface area contributed by atoms with Crippen LogP contribution in [0.2, 0.25) is 0 Å². The third-order valence-corrected chi connectivity index (χ3v) is 11.5. The molecule has 1 N–H and O–H groups in total. The topological polar surface area (TPSA) is 53.7 Å². The maximum atomic E-state index is 11.9. The summed E-state index contributed by atoms with van der Waals surface area (Å²) in [6.07, 6.45) is 13.7. The van der Waals surface area contributed by atoms with E-state index in [-0.39, 0.29) is 6.54 Å². The van der Waals surface area contributed by atoms with Gasteiger partial charge in [-0.3, -0.25) is 0 Å². The van der Waals surface area contributed by atoms with E-state index < -0.39 is 5.97 Å². The molecule has 0 saturated heterocycles. The molecule has 0 saturated carbocycles. The third kappa shape index (κ3) is 6.29. The van der Waals surface area contributed by atoms with Gasteiger partial charge in [0.25, 0.3) is 5.01 Å². The van der Waals surface area contributed by atoms with E-state index >= 15 is 0 Å². The number of aromatic nitrogens is 1. The Morgan fingerprint density at radius 2 is 1.89 bits per heavy atom. The fourth-order valence-corrected chi connectivity index (χ4v) is 9.37. The largest absolute Gasteiger partial charge is 0.477 e. The molecule has 5 nitrogen and oxygen atoms in total. The van der Waals surface area contributed by atoms with Crippen molar-refractivity contribution >= 4 is 63.1 Å². The molecule has 45 heavy (non-hydrogen) atoms. The maximum Gasteiger partial charge on any atom is 0.370 e. The Labute approximate surface area is 276 Å². The maximum absolute atomic E-state index is 11.9. The first-order valence-electron chi connectivity index (χ1n) is 15.4. The number of carbonyl (C=O) groups is 1. The molecule has 0 fully saturated rings. The Hall–Kier alpha value is -3.56. The zero-order valence-electron chi connectivity index (χ0n) is 25.4. The van der Waals surface area contributed by atoms with E-state index in [0.717, 1.165) is 63.5 Å². The number of anilines is 1. The van der Waals surface area contributed by atoms with Gasteiger partial charge in [-0.05, 0) is 103 Å². The molecule has 8 heteroatoms. The van der Waals surface area contributed by atoms with E-state index in [1.165, 1.54) is 44.4 Å². The van der Waals surface area contributed by atoms with Crippen molar-refractivity contribution in [2.75, 3.05) is 18.6 Å². The average molecular weight is 652 g/mol. The van der Waals surface area contributed by atoms with Gasteiger partial charge in [-0.1, -0.05) is 65.6 Å². The number of fused-ring (bicyclic) bond motifs is 3. The predicted molar refractivity (Wildman–Crippen MR) is 187 cm³/mol. The Kier molecular flexibility index (Phi) is 8.73. The van der Waals surface area contributed by atoms with Crippen LogP contribution in [0.25, 0.3) is 27.4 Å². The van der Waals surface area contributed by atoms with Crippen molar-refractivity contribution in [3.05, 3.63) is 112 Å². The molecule has 1 aromatic heterocycles. The van der Waals surface area contributed by atoms with Crippen LogP contribution in [0, 0.1) is 5.92 Å². The molecule has 4 aromatic rings. The van der Waals surface area contributed by atoms with Crippen molar-refractivity contribution in [2.45, 2.75) is 48.9 Å². The summed E-state index contributed by atoms with van der Waals surface area (Å²) in [4.78, 5) is 16.7. The highest BCUT2D eigenvalue weighted by atomic mass is 32.2. The number of carboxylic acid groups (broad SMARTS) is 1. The minimum absolute atomic E-state index is 0.0553. The smallest absolute Gasteiger partial charge is 0.370 e. The van der Waals surface area contributed by atoms with Crippen molar-refractivity contribution in [3.8, 4) is 11.1 Å². The summed E-state index contributed by atoms with van der Waals surface area (Å²) in [6, 6.07) is 23.2. The highest BCUT2D eigenvalue weighted by Gasteiger charge is 2.28. The minimum atomic E-state index is -0.830. The van der Waals surface area contributed by atoms with Gasteiger partial charge in [0.15, 0.2) is 0 Å². The zero-order chi connectivity index (χ0) is 30.9. The van der Waals surface area contributed by atoms with Gasteiger partial charge in [-0.15, -0.1) is 0 Å². The lowest BCUT2D eigenvalue weighted by Crippen LogP contribution is -2.39. The molecule has 2 aliphatic carbocycles. The van der Waals surface area contributed by atoms with Gasteiger partial charge in [-0.2, -0.15) is 4.57 Å². The standard InChI is InChI=1S/C37H34N2O3S3/c1-3-38-32-22-30(45-42-2)14-16-33(32)43-35(38)19-24-9-11-27-12-10-25(18-29(27)17-24)20-36-39(23-37(40)41)31-15-13-28(21-34(31)44-36)26-7-5-4-6-8-26/h4-8,13-22,27H,3,9-12,23H2,1-2H3/p+1. The van der Waals surface area contributed by atoms with Gasteiger partial charge in [0.05, 0.1) is 17.8 Å². The van der Waals surface area contributed by atoms with Crippen molar-refractivity contribution in [3.63, 3.8) is 0 Å². The van der Waals surface area contributed by atoms with Crippen LogP contribution in [0.3, 0.4) is 0 Å². The number of benzene rings is 3. The molecular formula is C37H35N2O3S3+. The molecule has 1 unspecified atom stereocenters. The van der Waals surface area contributed by atoms with E-state index in [0.29, 0.717) is 5.92 Å². The molecule has 1 aliphatic heterocycles. The van der Waals surface area contributed by atoms with Gasteiger partial charge in [0.2, 0.25) is 12.1 Å². The summed E-state index contributed by atoms with van der Waals surface area (Å²) in [5, 5.41) is 12.0. The Morgan fingerprint density at radius 3 is 2.69 bits per heavy atom. The number of aliphatic carboxylic acids is 1. The lowest BCUT2D eigenvalue weighted by molar-refractivity contribution is -0.657. The average Bonchev–Trinajstić information content (AvgIpc) is 3.56. The van der Waals surface area contributed by atoms with Crippen molar-refractivity contribution < 1.29 is 18.7 Å². The van der Waals surface area contributed by atoms with Crippen LogP contribution in [0.5, 0.6) is 0 Å². The van der Waals surface area contributed by atoms with E-state index in [1.54, 1.807) is 18.4 Å². The van der Waals surface area contributed by atoms with Crippen LogP contribution in [-0.4, -0.2) is 24.7 Å². The van der Waals surface area contributed by atoms with E-state index in [4.69, 9.17) is 4.18 Å². The first kappa shape index (κ1) is 30.1. The van der Waals surface area contributed by atoms with Crippen LogP contribution >= 0.6 is 35.1 Å². The number of carboxylic acids is 1. The third-order valence-electron chi connectivity index (χ3n) is 8.69. The first-order chi connectivity index (χ1) is 22.0. The summed E-state index contributed by atoms with van der Waals surface area (Å²) >= 11 is 4.92. The minimum Gasteiger partial charge on any atom is -0.477 e. The van der Waals surface area contributed by atoms with Crippen molar-refractivity contribution in [1.82, 2.24) is 0 Å². The number of hydrogen-bond donors (Lipinski definition) is 1. The van der Waals surface area contributed by atoms with Gasteiger partial charge in [0, 0.05) is 40.5 Å². The number of allylic oxidation sites excluding steroid dienone is 6. The molecule has 1 atom stereocenters. The van der Waals surface area contributed by atoms with Gasteiger partial charge in [0.1, 0.15) is 4.70 Å². The zero-order valence-corrected chi connectivity index (χ0v) is 27.8. The summed E-state index contributed by atoms with van der Waals surface area (Å²) in [5.74, 6) is -0.251. The second-order valence-electron chi connectivity index (χ2n) is 11.5. The summed E-state index contributed by atoms with van der Waals surface area (Å²) < 4.78 is 8.34. The Morgan fingerprint density at radius 1 is 1.04 bits per heavy atom. The summed E-state index contributed by atoms with van der Waals surface area (Å²) in [5.41, 5.74) is 8.54. The molecule has 0 amide bonds. The lowest BCUT2D eigenvalue weighted by Gasteiger charge is -2.28. The molecule has 7 rings (SSSR count). The van der Waals surface area contributed by atoms with E-state index in [9.17, 15) is 9.90 Å². The Bertz CT molecular complexity index is 1900. The molecule has 3 aliphatic rings. The first-order valence-corrected chi connectivity index (χ1v) is 17.7. The van der Waals surface area contributed by atoms with Crippen LogP contribution in [-0.2, 0) is 15.5 Å². The molecule has 3 aromatic carbocycles. The second kappa shape index (κ2) is 13.0. The highest BCUT2D eigenvalue weighted by Crippen LogP contribution is 2.48. The van der Waals surface area contributed by atoms with Crippen LogP contribution in [0.1, 0.15) is 37.6 Å². The monoisotopic (exact) mass is 651 g/mol. The fraction of sp³-hybridized carbons (Fsp3) is 0.243. The normalized spacial score (nSPS) is 19.5. The SMILES string of the molecule is CCN1C(=CC2=CC3=CC(=Cc4sc5cc(-c6ccccc6)ccc5[n+]4CC(=O)O)CCC3CC2)Sc2ccc(SOC)cc21. The summed E-state index contributed by atoms with van der Waals surface area (Å²) in [7, 11) is 1.71. The van der Waals surface area contributed by atoms with Crippen LogP contribution in [0.4, 0.5) is 5.69 Å². The summed E-state index contributed by atoms with van der Waals surface area (Å²) in [6.45, 7) is 3.07. The van der Waals surface area contributed by atoms with Crippen molar-refractivity contribution in [1.29, 1.82) is 0 Å². The number of thioether (sulfide) groups is 1. The lowest BCUT2D eigenvalue weighted by atomic mass is 9.77. The predicted octanol–water partition coefficient (Wildman–Crippen LogP) is 9.51. The molecule has 0 bridgehead atoms. The number of nitrogens with zero attached hydrogens (tertiary/aromatic N) is 2. The van der Waals surface area contributed by atoms with Gasteiger partial charge >= 0.3 is 5.97 Å². The number of thiazole rings is 1. The fourth-order valence-electron chi connectivity index (χ4n) is 6.54. The molecule has 0 spiro atoms. The van der Waals surface area contributed by atoms with Gasteiger partial charge < -0.3 is 14.2 Å². The number of hydrogen-bond acceptors (Lipinski definition) is 6. The van der Waals surface area contributed by atoms with Gasteiger partial charge in [-0.25, -0.2) is 4.79 Å². The second-order valence-corrected chi connectivity index (χ2v) is 14.6. The van der Waals surface area contributed by atoms with E-state index in [2.05, 4.69) is 84.7 Å². The Balaban J connectivity index is 1.20. The molecule has 228 valence electrons. The highest BCUT2D eigenvalue weighted by molar-refractivity contribution is 8.03. The van der Waals surface area contributed by atoms with Crippen LogP contribution in [0.15, 0.2) is 116 Å². The quantitative estimate of drug-likeness (QED) is 0.151. The molecule has 2 heterocycles. The van der Waals surface area contributed by atoms with Crippen LogP contribution < -0.4 is 9.47 Å².